The van der Waals surface area contributed by atoms with Gasteiger partial charge in [-0.2, -0.15) is 0 Å². The van der Waals surface area contributed by atoms with E-state index in [1.165, 1.54) is 25.7 Å². The lowest BCUT2D eigenvalue weighted by atomic mass is 9.98. The van der Waals surface area contributed by atoms with E-state index in [2.05, 4.69) is 5.32 Å². The third kappa shape index (κ3) is 4.65. The van der Waals surface area contributed by atoms with E-state index in [0.717, 1.165) is 6.42 Å². The molecule has 1 amide bonds. The van der Waals surface area contributed by atoms with E-state index in [0.29, 0.717) is 18.9 Å². The summed E-state index contributed by atoms with van der Waals surface area (Å²) in [5.41, 5.74) is 5.35. The highest BCUT2D eigenvalue weighted by molar-refractivity contribution is 5.76. The van der Waals surface area contributed by atoms with Crippen molar-refractivity contribution in [2.75, 3.05) is 6.54 Å². The lowest BCUT2D eigenvalue weighted by Gasteiger charge is -2.26. The zero-order valence-corrected chi connectivity index (χ0v) is 10.0. The van der Waals surface area contributed by atoms with Crippen LogP contribution in [0.1, 0.15) is 52.4 Å². The Balaban J connectivity index is 2.27. The molecular formula is C12H24N2O. The molecule has 0 aromatic heterocycles. The van der Waals surface area contributed by atoms with Crippen LogP contribution in [0.3, 0.4) is 0 Å². The van der Waals surface area contributed by atoms with Crippen LogP contribution >= 0.6 is 0 Å². The van der Waals surface area contributed by atoms with Crippen LogP contribution in [0.5, 0.6) is 0 Å². The van der Waals surface area contributed by atoms with Gasteiger partial charge in [-0.05, 0) is 45.6 Å². The third-order valence-electron chi connectivity index (χ3n) is 3.20. The van der Waals surface area contributed by atoms with Crippen molar-refractivity contribution in [2.45, 2.75) is 57.9 Å². The van der Waals surface area contributed by atoms with E-state index in [1.807, 2.05) is 13.8 Å². The quantitative estimate of drug-likeness (QED) is 0.730. The number of rotatable bonds is 5. The Hall–Kier alpha value is -0.570. The summed E-state index contributed by atoms with van der Waals surface area (Å²) in [6.45, 7) is 4.69. The van der Waals surface area contributed by atoms with Crippen molar-refractivity contribution in [2.24, 2.45) is 11.7 Å². The molecule has 1 fully saturated rings. The summed E-state index contributed by atoms with van der Waals surface area (Å²) in [7, 11) is 0. The van der Waals surface area contributed by atoms with E-state index in [-0.39, 0.29) is 11.4 Å². The molecule has 3 heteroatoms. The lowest BCUT2D eigenvalue weighted by Crippen LogP contribution is -2.45. The fourth-order valence-electron chi connectivity index (χ4n) is 2.33. The Kier molecular flexibility index (Phi) is 4.58. The molecule has 1 saturated carbocycles. The third-order valence-corrected chi connectivity index (χ3v) is 3.20. The van der Waals surface area contributed by atoms with Gasteiger partial charge in [-0.15, -0.1) is 0 Å². The van der Waals surface area contributed by atoms with Gasteiger partial charge >= 0.3 is 0 Å². The molecule has 88 valence electrons. The predicted molar refractivity (Wildman–Crippen MR) is 62.5 cm³/mol. The van der Waals surface area contributed by atoms with Crippen LogP contribution in [0.4, 0.5) is 0 Å². The van der Waals surface area contributed by atoms with Crippen LogP contribution in [0.15, 0.2) is 0 Å². The molecule has 3 nitrogen and oxygen atoms in total. The summed E-state index contributed by atoms with van der Waals surface area (Å²) in [4.78, 5) is 11.7. The molecular weight excluding hydrogens is 188 g/mol. The summed E-state index contributed by atoms with van der Waals surface area (Å²) in [5.74, 6) is 0.819. The molecule has 0 bridgehead atoms. The number of nitrogens with one attached hydrogen (secondary N) is 1. The minimum absolute atomic E-state index is 0.148. The van der Waals surface area contributed by atoms with Crippen molar-refractivity contribution < 1.29 is 4.79 Å². The molecule has 0 aromatic rings. The molecule has 1 rings (SSSR count). The monoisotopic (exact) mass is 212 g/mol. The minimum atomic E-state index is -0.148. The molecule has 15 heavy (non-hydrogen) atoms. The number of carbonyl (C=O) groups is 1. The normalized spacial score (nSPS) is 18.1. The predicted octanol–water partition coefficient (Wildman–Crippen LogP) is 1.81. The summed E-state index contributed by atoms with van der Waals surface area (Å²) in [5, 5.41) is 3.07. The Morgan fingerprint density at radius 3 is 2.53 bits per heavy atom. The van der Waals surface area contributed by atoms with Gasteiger partial charge in [-0.1, -0.05) is 12.8 Å². The van der Waals surface area contributed by atoms with Crippen LogP contribution in [-0.2, 0) is 4.79 Å². The van der Waals surface area contributed by atoms with Crippen molar-refractivity contribution in [1.82, 2.24) is 5.32 Å². The van der Waals surface area contributed by atoms with Crippen LogP contribution < -0.4 is 11.1 Å². The maximum atomic E-state index is 11.7. The average molecular weight is 212 g/mol. The van der Waals surface area contributed by atoms with E-state index in [1.54, 1.807) is 0 Å². The van der Waals surface area contributed by atoms with Crippen LogP contribution in [0.2, 0.25) is 0 Å². The first-order valence-electron chi connectivity index (χ1n) is 6.04. The fraction of sp³-hybridized carbons (Fsp3) is 0.917. The Morgan fingerprint density at radius 1 is 1.40 bits per heavy atom. The van der Waals surface area contributed by atoms with Crippen LogP contribution in [-0.4, -0.2) is 18.0 Å². The van der Waals surface area contributed by atoms with Gasteiger partial charge in [0.2, 0.25) is 5.91 Å². The molecule has 1 aliphatic rings. The highest BCUT2D eigenvalue weighted by Gasteiger charge is 2.23. The lowest BCUT2D eigenvalue weighted by molar-refractivity contribution is -0.123. The van der Waals surface area contributed by atoms with Gasteiger partial charge in [-0.25, -0.2) is 0 Å². The number of hydrogen-bond acceptors (Lipinski definition) is 2. The Morgan fingerprint density at radius 2 is 2.00 bits per heavy atom. The summed E-state index contributed by atoms with van der Waals surface area (Å²) in [6, 6.07) is 0. The summed E-state index contributed by atoms with van der Waals surface area (Å²) < 4.78 is 0. The molecule has 0 aliphatic heterocycles. The van der Waals surface area contributed by atoms with Gasteiger partial charge < -0.3 is 11.1 Å². The summed E-state index contributed by atoms with van der Waals surface area (Å²) >= 11 is 0. The van der Waals surface area contributed by atoms with Crippen molar-refractivity contribution in [1.29, 1.82) is 0 Å². The van der Waals surface area contributed by atoms with Gasteiger partial charge in [0.1, 0.15) is 0 Å². The molecule has 3 N–H and O–H groups in total. The fourth-order valence-corrected chi connectivity index (χ4v) is 2.33. The van der Waals surface area contributed by atoms with E-state index < -0.39 is 0 Å². The van der Waals surface area contributed by atoms with Crippen molar-refractivity contribution in [3.8, 4) is 0 Å². The molecule has 0 aromatic carbocycles. The second kappa shape index (κ2) is 5.50. The van der Waals surface area contributed by atoms with Gasteiger partial charge in [0.05, 0.1) is 0 Å². The Labute approximate surface area is 92.8 Å². The van der Waals surface area contributed by atoms with Gasteiger partial charge in [-0.3, -0.25) is 4.79 Å². The maximum Gasteiger partial charge on any atom is 0.220 e. The molecule has 0 atom stereocenters. The van der Waals surface area contributed by atoms with Crippen LogP contribution in [0, 0.1) is 5.92 Å². The highest BCUT2D eigenvalue weighted by Crippen LogP contribution is 2.27. The zero-order valence-electron chi connectivity index (χ0n) is 10.0. The average Bonchev–Trinajstić information content (AvgIpc) is 2.54. The maximum absolute atomic E-state index is 11.7. The molecule has 1 aliphatic carbocycles. The SMILES string of the molecule is CC(C)(CCN)NC(=O)CC1CCCC1. The standard InChI is InChI=1S/C12H24N2O/c1-12(2,7-8-13)14-11(15)9-10-5-3-4-6-10/h10H,3-9,13H2,1-2H3,(H,14,15). The van der Waals surface area contributed by atoms with Crippen molar-refractivity contribution in [3.63, 3.8) is 0 Å². The van der Waals surface area contributed by atoms with Gasteiger partial charge in [0, 0.05) is 12.0 Å². The largest absolute Gasteiger partial charge is 0.351 e. The smallest absolute Gasteiger partial charge is 0.220 e. The Bertz CT molecular complexity index is 208. The number of carbonyl (C=O) groups excluding carboxylic acids is 1. The highest BCUT2D eigenvalue weighted by atomic mass is 16.1. The second-order valence-electron chi connectivity index (χ2n) is 5.33. The first-order valence-corrected chi connectivity index (χ1v) is 6.04. The molecule has 0 unspecified atom stereocenters. The number of nitrogens with two attached hydrogens (primary N) is 1. The topological polar surface area (TPSA) is 55.1 Å². The van der Waals surface area contributed by atoms with E-state index >= 15 is 0 Å². The summed E-state index contributed by atoms with van der Waals surface area (Å²) in [6.07, 6.45) is 6.58. The molecule has 0 spiro atoms. The van der Waals surface area contributed by atoms with Crippen LogP contribution in [0.25, 0.3) is 0 Å². The first kappa shape index (κ1) is 12.5. The number of amides is 1. The molecule has 0 heterocycles. The van der Waals surface area contributed by atoms with Gasteiger partial charge in [0.25, 0.3) is 0 Å². The molecule has 0 saturated heterocycles. The molecule has 0 radical (unpaired) electrons. The first-order chi connectivity index (χ1) is 7.03. The van der Waals surface area contributed by atoms with E-state index in [9.17, 15) is 4.79 Å². The van der Waals surface area contributed by atoms with Gasteiger partial charge in [0.15, 0.2) is 0 Å². The minimum Gasteiger partial charge on any atom is -0.351 e. The van der Waals surface area contributed by atoms with Crippen molar-refractivity contribution >= 4 is 5.91 Å². The second-order valence-corrected chi connectivity index (χ2v) is 5.33. The zero-order chi connectivity index (χ0) is 11.3. The van der Waals surface area contributed by atoms with E-state index in [4.69, 9.17) is 5.73 Å². The van der Waals surface area contributed by atoms with Crippen molar-refractivity contribution in [3.05, 3.63) is 0 Å². The number of hydrogen-bond donors (Lipinski definition) is 2.